The second-order valence-corrected chi connectivity index (χ2v) is 23.6. The van der Waals surface area contributed by atoms with E-state index in [9.17, 15) is 14.9 Å². The predicted molar refractivity (Wildman–Crippen MR) is 215 cm³/mol. The fraction of sp³-hybridized carbons (Fsp3) is 0.698. The van der Waals surface area contributed by atoms with Crippen molar-refractivity contribution >= 4 is 20.0 Å². The Labute approximate surface area is 343 Å². The molecule has 14 nitrogen and oxygen atoms in total. The highest BCUT2D eigenvalue weighted by atomic mass is 28.4. The van der Waals surface area contributed by atoms with Crippen LogP contribution in [-0.2, 0) is 58.3 Å². The van der Waals surface area contributed by atoms with Gasteiger partial charge >= 0.3 is 5.97 Å². The van der Waals surface area contributed by atoms with E-state index in [4.69, 9.17) is 47.1 Å². The van der Waals surface area contributed by atoms with E-state index in [1.165, 1.54) is 12.1 Å². The first-order chi connectivity index (χ1) is 27.1. The number of hydrogen-bond donors (Lipinski definition) is 0. The van der Waals surface area contributed by atoms with Gasteiger partial charge in [-0.25, -0.2) is 0 Å². The van der Waals surface area contributed by atoms with E-state index in [0.29, 0.717) is 12.8 Å². The van der Waals surface area contributed by atoms with E-state index in [1.807, 2.05) is 51.1 Å². The van der Waals surface area contributed by atoms with E-state index in [1.54, 1.807) is 32.9 Å². The molecule has 2 aromatic carbocycles. The van der Waals surface area contributed by atoms with Gasteiger partial charge in [0, 0.05) is 24.3 Å². The molecule has 0 N–H and O–H groups in total. The molecule has 6 rings (SSSR count). The van der Waals surface area contributed by atoms with Crippen LogP contribution in [0.15, 0.2) is 54.6 Å². The molecular weight excluding hydrogens is 767 g/mol. The number of non-ortho nitro benzene ring substituents is 1. The van der Waals surface area contributed by atoms with Gasteiger partial charge in [-0.15, -0.1) is 0 Å². The summed E-state index contributed by atoms with van der Waals surface area (Å²) in [5, 5.41) is 11.0. The molecule has 0 spiro atoms. The molecule has 58 heavy (non-hydrogen) atoms. The van der Waals surface area contributed by atoms with E-state index in [-0.39, 0.29) is 23.9 Å². The lowest BCUT2D eigenvalue weighted by Gasteiger charge is -2.51. The van der Waals surface area contributed by atoms with Crippen LogP contribution in [0.3, 0.4) is 0 Å². The zero-order valence-electron chi connectivity index (χ0n) is 35.8. The van der Waals surface area contributed by atoms with Crippen LogP contribution in [-0.4, -0.2) is 99.6 Å². The van der Waals surface area contributed by atoms with Crippen molar-refractivity contribution in [2.45, 2.75) is 173 Å². The fourth-order valence-corrected chi connectivity index (χ4v) is 8.68. The lowest BCUT2D eigenvalue weighted by atomic mass is 9.94. The number of carbonyl (C=O) groups excluding carboxylic acids is 1. The Kier molecular flexibility index (Phi) is 13.6. The molecule has 11 atom stereocenters. The maximum absolute atomic E-state index is 13.8. The number of hydrogen-bond acceptors (Lipinski definition) is 13. The fourth-order valence-electron chi connectivity index (χ4n) is 7.32. The molecule has 0 aliphatic carbocycles. The topological polar surface area (TPSA) is 153 Å². The number of nitro groups is 1. The van der Waals surface area contributed by atoms with Crippen molar-refractivity contribution < 1.29 is 56.8 Å². The van der Waals surface area contributed by atoms with Gasteiger partial charge in [0.15, 0.2) is 39.1 Å². The summed E-state index contributed by atoms with van der Waals surface area (Å²) in [6.07, 6.45) is -6.18. The highest BCUT2D eigenvalue weighted by Crippen LogP contribution is 2.45. The molecule has 4 aliphatic rings. The number of unbranched alkanes of at least 4 members (excludes halogenated alkanes) is 1. The van der Waals surface area contributed by atoms with Gasteiger partial charge in [-0.1, -0.05) is 63.2 Å². The number of benzene rings is 2. The van der Waals surface area contributed by atoms with Crippen molar-refractivity contribution in [3.8, 4) is 0 Å². The first kappa shape index (κ1) is 44.7. The summed E-state index contributed by atoms with van der Waals surface area (Å²) in [7, 11) is -2.27. The lowest BCUT2D eigenvalue weighted by molar-refractivity contribution is -0.389. The monoisotopic (exact) mass is 829 g/mol. The van der Waals surface area contributed by atoms with Gasteiger partial charge < -0.3 is 47.1 Å². The molecule has 1 unspecified atom stereocenters. The molecule has 4 fully saturated rings. The molecule has 0 amide bonds. The Hall–Kier alpha value is -2.83. The molecule has 322 valence electrons. The molecule has 4 saturated heterocycles. The molecule has 2 aromatic rings. The number of carbonyl (C=O) groups is 1. The van der Waals surface area contributed by atoms with Crippen molar-refractivity contribution in [1.29, 1.82) is 0 Å². The van der Waals surface area contributed by atoms with Crippen molar-refractivity contribution in [2.75, 3.05) is 13.2 Å². The molecule has 0 saturated carbocycles. The third kappa shape index (κ3) is 10.4. The average molecular weight is 830 g/mol. The summed E-state index contributed by atoms with van der Waals surface area (Å²) in [6, 6.07) is 16.1. The summed E-state index contributed by atoms with van der Waals surface area (Å²) in [5.74, 6) is -1.42. The van der Waals surface area contributed by atoms with Gasteiger partial charge in [0.2, 0.25) is 0 Å². The molecule has 0 radical (unpaired) electrons. The number of nitro benzene ring substituents is 1. The Bertz CT molecular complexity index is 1690. The van der Waals surface area contributed by atoms with Crippen LogP contribution in [0.2, 0.25) is 18.1 Å². The summed E-state index contributed by atoms with van der Waals surface area (Å²) in [5.41, 5.74) is 0.991. The van der Waals surface area contributed by atoms with Crippen LogP contribution in [0, 0.1) is 15.5 Å². The average Bonchev–Trinajstić information content (AvgIpc) is 3.48. The summed E-state index contributed by atoms with van der Waals surface area (Å²) >= 11 is 0. The number of nitrogens with zero attached hydrogens (tertiary/aromatic N) is 1. The Morgan fingerprint density at radius 2 is 1.53 bits per heavy atom. The van der Waals surface area contributed by atoms with Crippen molar-refractivity contribution in [3.63, 3.8) is 0 Å². The molecule has 4 heterocycles. The third-order valence-electron chi connectivity index (χ3n) is 11.6. The highest BCUT2D eigenvalue weighted by molar-refractivity contribution is 6.74. The maximum Gasteiger partial charge on any atom is 0.311 e. The van der Waals surface area contributed by atoms with E-state index >= 15 is 0 Å². The van der Waals surface area contributed by atoms with Crippen LogP contribution < -0.4 is 0 Å². The quantitative estimate of drug-likeness (QED) is 0.0636. The number of rotatable bonds is 13. The highest BCUT2D eigenvalue weighted by Gasteiger charge is 2.60. The largest absolute Gasteiger partial charge is 0.454 e. The van der Waals surface area contributed by atoms with Crippen LogP contribution >= 0.6 is 0 Å². The van der Waals surface area contributed by atoms with Crippen molar-refractivity contribution in [1.82, 2.24) is 0 Å². The van der Waals surface area contributed by atoms with Gasteiger partial charge in [-0.3, -0.25) is 14.9 Å². The van der Waals surface area contributed by atoms with E-state index in [0.717, 1.165) is 17.5 Å². The second-order valence-electron chi connectivity index (χ2n) is 18.8. The maximum atomic E-state index is 13.8. The Morgan fingerprint density at radius 1 is 0.862 bits per heavy atom. The van der Waals surface area contributed by atoms with Crippen LogP contribution in [0.25, 0.3) is 0 Å². The normalized spacial score (nSPS) is 32.6. The number of fused-ring (bicyclic) bond motifs is 2. The minimum Gasteiger partial charge on any atom is -0.454 e. The summed E-state index contributed by atoms with van der Waals surface area (Å²) in [6.45, 7) is 22.5. The lowest BCUT2D eigenvalue weighted by Crippen LogP contribution is -2.67. The number of aryl methyl sites for hydroxylation is 1. The first-order valence-corrected chi connectivity index (χ1v) is 23.4. The van der Waals surface area contributed by atoms with Gasteiger partial charge in [-0.05, 0) is 84.5 Å². The van der Waals surface area contributed by atoms with Crippen molar-refractivity contribution in [2.24, 2.45) is 5.41 Å². The molecule has 4 aliphatic heterocycles. The van der Waals surface area contributed by atoms with E-state index in [2.05, 4.69) is 33.9 Å². The van der Waals surface area contributed by atoms with Crippen molar-refractivity contribution in [3.05, 3.63) is 75.8 Å². The van der Waals surface area contributed by atoms with Gasteiger partial charge in [0.25, 0.3) is 5.69 Å². The second kappa shape index (κ2) is 17.6. The standard InChI is InChI=1S/C43H63NO13Si/c1-26-31(57-58(10,11)42(5,6)7)34-36(56-43(8,9)55-34)39(50-26)53-33-32-30(25-49-37(52-32)28-18-13-12-14-19-28)51-38(35(33)54-40(45)41(2,3)4)48-24-16-15-17-27-20-22-29(23-21-27)44(46)47/h12-14,18-23,26,30-39H,15-17,24-25H2,1-11H3/t26-,30+,31-,32-,33-,34+,35+,36+,37?,38+,39-/m0/s1. The summed E-state index contributed by atoms with van der Waals surface area (Å²) in [4.78, 5) is 24.4. The smallest absolute Gasteiger partial charge is 0.311 e. The third-order valence-corrected chi connectivity index (χ3v) is 16.1. The minimum atomic E-state index is -2.27. The minimum absolute atomic E-state index is 0.0526. The number of ether oxygens (including phenoxy) is 9. The first-order valence-electron chi connectivity index (χ1n) is 20.5. The molecule has 0 bridgehead atoms. The van der Waals surface area contributed by atoms with Gasteiger partial charge in [0.1, 0.15) is 36.6 Å². The van der Waals surface area contributed by atoms with Gasteiger partial charge in [0.05, 0.1) is 23.0 Å². The molecule has 0 aromatic heterocycles. The number of esters is 1. The summed E-state index contributed by atoms with van der Waals surface area (Å²) < 4.78 is 66.1. The zero-order chi connectivity index (χ0) is 42.2. The van der Waals surface area contributed by atoms with Gasteiger partial charge in [-0.2, -0.15) is 0 Å². The molecular formula is C43H63NO13Si. The van der Waals surface area contributed by atoms with Crippen LogP contribution in [0.5, 0.6) is 0 Å². The molecule has 15 heteroatoms. The Morgan fingerprint density at radius 3 is 2.17 bits per heavy atom. The Balaban J connectivity index is 1.27. The zero-order valence-corrected chi connectivity index (χ0v) is 36.8. The SMILES string of the molecule is C[C@@H]1O[C@@H](O[C@H]2[C@H]3OC(c4ccccc4)OC[C@H]3O[C@@H](OCCCCc3ccc([N+](=O)[O-])cc3)[C@@H]2OC(=O)C(C)(C)C)[C@@H]2OC(C)(C)O[C@@H]2[C@H]1O[Si](C)(C)C(C)(C)C. The van der Waals surface area contributed by atoms with Crippen LogP contribution in [0.1, 0.15) is 92.6 Å². The predicted octanol–water partition coefficient (Wildman–Crippen LogP) is 7.77. The van der Waals surface area contributed by atoms with E-state index < -0.39 is 98.1 Å². The van der Waals surface area contributed by atoms with Crippen LogP contribution in [0.4, 0.5) is 5.69 Å².